The molecule has 23 heavy (non-hydrogen) atoms. The fraction of sp³-hybridized carbons (Fsp3) is 0.444. The number of phenols is 2. The molecule has 1 heterocycles. The second-order valence-corrected chi connectivity index (χ2v) is 5.87. The van der Waals surface area contributed by atoms with Gasteiger partial charge >= 0.3 is 5.97 Å². The zero-order valence-electron chi connectivity index (χ0n) is 13.2. The van der Waals surface area contributed by atoms with E-state index in [-0.39, 0.29) is 28.9 Å². The first-order valence-electron chi connectivity index (χ1n) is 7.92. The summed E-state index contributed by atoms with van der Waals surface area (Å²) in [5.41, 5.74) is 0.460. The number of allylic oxidation sites excluding steroid dienone is 1. The lowest BCUT2D eigenvalue weighted by atomic mass is 11.0. The minimum absolute atomic E-state index is 0.0547. The molecule has 0 spiro atoms. The highest BCUT2D eigenvalue weighted by Crippen LogP contribution is 2.29. The number of cyclic esters (lactones) is 1. The summed E-state index contributed by atoms with van der Waals surface area (Å²) in [5, 5.41) is 19.6. The molecule has 5 nitrogen and oxygen atoms in total. The van der Waals surface area contributed by atoms with Crippen molar-refractivity contribution in [3.8, 4) is 11.5 Å². The summed E-state index contributed by atoms with van der Waals surface area (Å²) >= 11 is 0. The number of hydrogen-bond acceptors (Lipinski definition) is 5. The minimum atomic E-state index is -0.627. The van der Waals surface area contributed by atoms with Crippen molar-refractivity contribution in [3.05, 3.63) is 29.3 Å². The van der Waals surface area contributed by atoms with Crippen molar-refractivity contribution in [1.29, 1.82) is 0 Å². The largest absolute Gasteiger partial charge is 0.508 e. The zero-order chi connectivity index (χ0) is 16.8. The van der Waals surface area contributed by atoms with E-state index in [0.717, 1.165) is 12.5 Å². The predicted molar refractivity (Wildman–Crippen MR) is 86.4 cm³/mol. The van der Waals surface area contributed by atoms with E-state index < -0.39 is 5.97 Å². The van der Waals surface area contributed by atoms with Gasteiger partial charge in [0.05, 0.1) is 6.10 Å². The van der Waals surface area contributed by atoms with Gasteiger partial charge in [-0.15, -0.1) is 0 Å². The molecule has 5 heteroatoms. The van der Waals surface area contributed by atoms with Crippen molar-refractivity contribution in [2.45, 2.75) is 51.6 Å². The number of Topliss-reactive ketones (excluding diaryl/α,β-unsaturated/α-hetero) is 1. The fourth-order valence-corrected chi connectivity index (χ4v) is 2.63. The third-order valence-electron chi connectivity index (χ3n) is 3.84. The quantitative estimate of drug-likeness (QED) is 0.559. The number of carbonyl (C=O) groups excluding carboxylic acids is 2. The fourth-order valence-electron chi connectivity index (χ4n) is 2.63. The molecule has 2 rings (SSSR count). The molecule has 1 aliphatic heterocycles. The number of carbonyl (C=O) groups is 2. The van der Waals surface area contributed by atoms with E-state index in [4.69, 9.17) is 4.74 Å². The Kier molecular flexibility index (Phi) is 5.79. The van der Waals surface area contributed by atoms with Gasteiger partial charge in [-0.2, -0.15) is 0 Å². The lowest BCUT2D eigenvalue weighted by Crippen LogP contribution is -2.16. The van der Waals surface area contributed by atoms with Gasteiger partial charge in [-0.1, -0.05) is 12.2 Å². The Morgan fingerprint density at radius 1 is 1.13 bits per heavy atom. The molecular weight excluding hydrogens is 314 g/mol. The van der Waals surface area contributed by atoms with Crippen LogP contribution >= 0.6 is 0 Å². The van der Waals surface area contributed by atoms with Gasteiger partial charge in [0.1, 0.15) is 22.8 Å². The second-order valence-electron chi connectivity index (χ2n) is 5.87. The van der Waals surface area contributed by atoms with E-state index in [9.17, 15) is 19.8 Å². The van der Waals surface area contributed by atoms with Crippen molar-refractivity contribution in [3.63, 3.8) is 0 Å². The summed E-state index contributed by atoms with van der Waals surface area (Å²) in [6, 6.07) is 2.54. The highest BCUT2D eigenvalue weighted by molar-refractivity contribution is 5.97. The number of phenolic OH excluding ortho intramolecular Hbond substituents is 2. The summed E-state index contributed by atoms with van der Waals surface area (Å²) in [5.74, 6) is -0.824. The Morgan fingerprint density at radius 3 is 2.65 bits per heavy atom. The molecule has 0 saturated carbocycles. The van der Waals surface area contributed by atoms with Gasteiger partial charge < -0.3 is 14.9 Å². The van der Waals surface area contributed by atoms with Crippen LogP contribution < -0.4 is 0 Å². The number of benzene rings is 1. The Balaban J connectivity index is 2.32. The van der Waals surface area contributed by atoms with Crippen molar-refractivity contribution >= 4 is 17.8 Å². The van der Waals surface area contributed by atoms with Crippen LogP contribution in [0.5, 0.6) is 11.5 Å². The first-order chi connectivity index (χ1) is 11.0. The van der Waals surface area contributed by atoms with Gasteiger partial charge in [-0.05, 0) is 44.2 Å². The van der Waals surface area contributed by atoms with Gasteiger partial charge in [0, 0.05) is 18.9 Å². The molecule has 0 bridgehead atoms. The molecule has 0 unspecified atom stereocenters. The number of esters is 1. The Hall–Kier alpha value is -2.30. The Morgan fingerprint density at radius 2 is 1.87 bits per heavy atom. The lowest BCUT2D eigenvalue weighted by molar-refractivity contribution is -0.119. The normalized spacial score (nSPS) is 21.9. The van der Waals surface area contributed by atoms with Crippen LogP contribution in [0.2, 0.25) is 0 Å². The monoisotopic (exact) mass is 336 g/mol. The standard InChI is InChI=1S/C18H22O5/c1-12-6-5-9-14(19)8-4-2-3-7-13-10-15(20)11-16(21)17(13)18(22)23-12/h3,7,10-12,20-21H,2,4-6,8-9H2,1H3/b7-3+/t12-/m0/s1/i1+1,2+1,3+1,4+1,5+1,6+1,7+1,8+1,9+1,10+1,11+1,12+1,13+1,14+1,15+1,16+1,17+1,18+1. The van der Waals surface area contributed by atoms with Crippen molar-refractivity contribution in [1.82, 2.24) is 0 Å². The molecule has 0 aromatic heterocycles. The van der Waals surface area contributed by atoms with Gasteiger partial charge in [0.15, 0.2) is 0 Å². The third-order valence-corrected chi connectivity index (χ3v) is 3.84. The highest BCUT2D eigenvalue weighted by atomic mass is 16.7. The number of ketones is 1. The van der Waals surface area contributed by atoms with E-state index in [1.165, 1.54) is 6.07 Å². The first kappa shape index (κ1) is 17.1. The molecule has 124 valence electrons. The molecule has 2 N–H and O–H groups in total. The maximum absolute atomic E-state index is 12.3. The van der Waals surface area contributed by atoms with Crippen LogP contribution in [0.25, 0.3) is 6.08 Å². The minimum Gasteiger partial charge on any atom is -0.508 e. The van der Waals surface area contributed by atoms with E-state index >= 15 is 0 Å². The Bertz CT molecular complexity index is 618. The van der Waals surface area contributed by atoms with Crippen LogP contribution in [0.3, 0.4) is 0 Å². The van der Waals surface area contributed by atoms with Gasteiger partial charge in [0.2, 0.25) is 0 Å². The summed E-state index contributed by atoms with van der Waals surface area (Å²) < 4.78 is 5.35. The van der Waals surface area contributed by atoms with E-state index in [1.807, 2.05) is 6.08 Å². The maximum Gasteiger partial charge on any atom is 0.342 e. The molecule has 0 fully saturated rings. The van der Waals surface area contributed by atoms with Crippen LogP contribution in [0.1, 0.15) is 61.4 Å². The SMILES string of the molecule is [13CH3][13C@H]1[13CH2][13CH2][13CH2][13C](=O)[13CH2][13CH2][13CH2]/[13CH]=[13CH]/[13c]2[13cH][13c](O)[13cH][13c](O)[13c]2[13C](=O)O1. The first-order valence-corrected chi connectivity index (χ1v) is 7.92. The predicted octanol–water partition coefficient (Wildman–Crippen LogP) is 3.58. The molecule has 1 aromatic carbocycles. The van der Waals surface area contributed by atoms with Crippen LogP contribution in [-0.2, 0) is 9.53 Å². The Labute approximate surface area is 135 Å². The van der Waals surface area contributed by atoms with Gasteiger partial charge in [-0.25, -0.2) is 4.79 Å². The van der Waals surface area contributed by atoms with Crippen LogP contribution in [0, 0.1) is 0 Å². The van der Waals surface area contributed by atoms with Crippen LogP contribution in [-0.4, -0.2) is 28.1 Å². The third kappa shape index (κ3) is 4.84. The average molecular weight is 336 g/mol. The molecule has 0 saturated heterocycles. The molecule has 1 aliphatic rings. The van der Waals surface area contributed by atoms with Crippen molar-refractivity contribution in [2.75, 3.05) is 0 Å². The van der Waals surface area contributed by atoms with E-state index in [2.05, 4.69) is 0 Å². The number of hydrogen-bond donors (Lipinski definition) is 2. The summed E-state index contributed by atoms with van der Waals surface area (Å²) in [7, 11) is 0. The zero-order valence-corrected chi connectivity index (χ0v) is 13.2. The molecule has 1 atom stereocenters. The molecule has 0 radical (unpaired) electrons. The summed E-state index contributed by atoms with van der Waals surface area (Å²) in [6.07, 6.45) is 6.90. The average Bonchev–Trinajstić information content (AvgIpc) is 2.45. The number of aromatic hydroxyl groups is 2. The maximum atomic E-state index is 12.3. The van der Waals surface area contributed by atoms with Gasteiger partial charge in [0.25, 0.3) is 0 Å². The van der Waals surface area contributed by atoms with E-state index in [0.29, 0.717) is 37.7 Å². The number of ether oxygens (including phenoxy) is 1. The molecule has 0 aliphatic carbocycles. The number of fused-ring (bicyclic) bond motifs is 1. The van der Waals surface area contributed by atoms with Crippen molar-refractivity contribution in [2.24, 2.45) is 0 Å². The molecule has 0 amide bonds. The van der Waals surface area contributed by atoms with Gasteiger partial charge in [-0.3, -0.25) is 4.79 Å². The topological polar surface area (TPSA) is 83.8 Å². The molecule has 1 aromatic rings. The van der Waals surface area contributed by atoms with Crippen LogP contribution in [0.4, 0.5) is 0 Å². The highest BCUT2D eigenvalue weighted by Gasteiger charge is 2.20. The lowest BCUT2D eigenvalue weighted by Gasteiger charge is -2.15. The summed E-state index contributed by atoms with van der Waals surface area (Å²) in [4.78, 5) is 24.0. The smallest absolute Gasteiger partial charge is 0.342 e. The van der Waals surface area contributed by atoms with Crippen LogP contribution in [0.15, 0.2) is 18.2 Å². The molecular formula is C18H22O5. The summed E-state index contributed by atoms with van der Waals surface area (Å²) in [6.45, 7) is 1.77. The number of rotatable bonds is 0. The van der Waals surface area contributed by atoms with Crippen molar-refractivity contribution < 1.29 is 24.5 Å². The van der Waals surface area contributed by atoms with E-state index in [1.54, 1.807) is 13.0 Å². The second kappa shape index (κ2) is 7.81.